The van der Waals surface area contributed by atoms with Crippen LogP contribution in [0, 0.1) is 5.92 Å². The number of hydrogen-bond donors (Lipinski definition) is 1. The molecule has 0 saturated carbocycles. The molecule has 1 N–H and O–H groups in total. The molecule has 0 bridgehead atoms. The Morgan fingerprint density at radius 2 is 2.08 bits per heavy atom. The van der Waals surface area contributed by atoms with Crippen molar-refractivity contribution in [3.8, 4) is 0 Å². The van der Waals surface area contributed by atoms with E-state index in [2.05, 4.69) is 17.2 Å². The summed E-state index contributed by atoms with van der Waals surface area (Å²) in [6, 6.07) is 8.11. The minimum Gasteiger partial charge on any atom is -0.338 e. The molecule has 3 rings (SSSR count). The van der Waals surface area contributed by atoms with E-state index >= 15 is 0 Å². The van der Waals surface area contributed by atoms with Gasteiger partial charge in [-0.25, -0.2) is 0 Å². The van der Waals surface area contributed by atoms with E-state index in [0.717, 1.165) is 25.9 Å². The van der Waals surface area contributed by atoms with Crippen LogP contribution in [0.4, 0.5) is 5.69 Å². The highest BCUT2D eigenvalue weighted by molar-refractivity contribution is 6.44. The van der Waals surface area contributed by atoms with Gasteiger partial charge in [-0.05, 0) is 43.0 Å². The molecule has 2 aromatic rings. The van der Waals surface area contributed by atoms with Crippen molar-refractivity contribution in [2.45, 2.75) is 19.8 Å². The number of carbonyl (C=O) groups is 2. The van der Waals surface area contributed by atoms with E-state index in [-0.39, 0.29) is 16.6 Å². The number of pyridine rings is 1. The van der Waals surface area contributed by atoms with Gasteiger partial charge in [0.1, 0.15) is 5.69 Å². The highest BCUT2D eigenvalue weighted by Gasteiger charge is 2.23. The number of nitrogens with one attached hydrogen (secondary N) is 1. The fraction of sp³-hybridized carbons (Fsp3) is 0.316. The number of carbonyl (C=O) groups excluding carboxylic acids is 2. The van der Waals surface area contributed by atoms with Crippen LogP contribution >= 0.6 is 23.2 Å². The van der Waals surface area contributed by atoms with Gasteiger partial charge >= 0.3 is 0 Å². The van der Waals surface area contributed by atoms with Crippen molar-refractivity contribution < 1.29 is 9.59 Å². The molecule has 0 aliphatic carbocycles. The normalized spacial score (nSPS) is 17.0. The lowest BCUT2D eigenvalue weighted by Gasteiger charge is -2.31. The Morgan fingerprint density at radius 3 is 2.85 bits per heavy atom. The van der Waals surface area contributed by atoms with Gasteiger partial charge in [0.2, 0.25) is 0 Å². The molecular formula is C19H19Cl2N3O2. The van der Waals surface area contributed by atoms with Crippen LogP contribution in [-0.2, 0) is 0 Å². The van der Waals surface area contributed by atoms with Crippen molar-refractivity contribution in [3.05, 3.63) is 57.8 Å². The van der Waals surface area contributed by atoms with Crippen LogP contribution in [0.5, 0.6) is 0 Å². The van der Waals surface area contributed by atoms with Crippen LogP contribution in [-0.4, -0.2) is 34.8 Å². The Labute approximate surface area is 162 Å². The molecule has 2 amide bonds. The Kier molecular flexibility index (Phi) is 5.79. The zero-order chi connectivity index (χ0) is 18.7. The summed E-state index contributed by atoms with van der Waals surface area (Å²) in [5.74, 6) is -0.0353. The smallest absolute Gasteiger partial charge is 0.274 e. The maximum absolute atomic E-state index is 12.7. The molecule has 1 aliphatic rings. The molecule has 136 valence electrons. The van der Waals surface area contributed by atoms with Gasteiger partial charge in [0.25, 0.3) is 11.8 Å². The number of hydrogen-bond acceptors (Lipinski definition) is 3. The number of benzene rings is 1. The van der Waals surface area contributed by atoms with Gasteiger partial charge in [0.05, 0.1) is 15.7 Å². The highest BCUT2D eigenvalue weighted by atomic mass is 35.5. The second-order valence-electron chi connectivity index (χ2n) is 6.48. The van der Waals surface area contributed by atoms with Gasteiger partial charge in [0.15, 0.2) is 0 Å². The van der Waals surface area contributed by atoms with Gasteiger partial charge in [-0.3, -0.25) is 14.6 Å². The van der Waals surface area contributed by atoms with Crippen LogP contribution in [0.15, 0.2) is 36.5 Å². The fourth-order valence-corrected chi connectivity index (χ4v) is 3.38. The standard InChI is InChI=1S/C19H19Cl2N3O2/c1-12-4-3-9-24(11-12)19(26)13-7-8-22-16(10-13)18(25)23-15-6-2-5-14(20)17(15)21/h2,5-8,10,12H,3-4,9,11H2,1H3,(H,23,25). The van der Waals surface area contributed by atoms with Crippen molar-refractivity contribution in [1.82, 2.24) is 9.88 Å². The first-order valence-corrected chi connectivity index (χ1v) is 9.22. The summed E-state index contributed by atoms with van der Waals surface area (Å²) in [7, 11) is 0. The molecule has 1 atom stereocenters. The van der Waals surface area contributed by atoms with Crippen LogP contribution in [0.1, 0.15) is 40.6 Å². The van der Waals surface area contributed by atoms with Crippen LogP contribution in [0.2, 0.25) is 10.0 Å². The molecule has 5 nitrogen and oxygen atoms in total. The van der Waals surface area contributed by atoms with Crippen molar-refractivity contribution in [3.63, 3.8) is 0 Å². The molecule has 7 heteroatoms. The lowest BCUT2D eigenvalue weighted by atomic mass is 9.99. The molecule has 1 aromatic heterocycles. The van der Waals surface area contributed by atoms with Crippen molar-refractivity contribution in [2.24, 2.45) is 5.92 Å². The van der Waals surface area contributed by atoms with Gasteiger partial charge in [-0.15, -0.1) is 0 Å². The van der Waals surface area contributed by atoms with Crippen molar-refractivity contribution >= 4 is 40.7 Å². The predicted molar refractivity (Wildman–Crippen MR) is 103 cm³/mol. The van der Waals surface area contributed by atoms with E-state index in [1.54, 1.807) is 24.3 Å². The zero-order valence-corrected chi connectivity index (χ0v) is 15.8. The van der Waals surface area contributed by atoms with Crippen LogP contribution in [0.3, 0.4) is 0 Å². The Balaban J connectivity index is 1.77. The average molecular weight is 392 g/mol. The SMILES string of the molecule is CC1CCCN(C(=O)c2ccnc(C(=O)Nc3cccc(Cl)c3Cl)c2)C1. The minimum atomic E-state index is -0.448. The average Bonchev–Trinajstić information content (AvgIpc) is 2.65. The maximum atomic E-state index is 12.7. The summed E-state index contributed by atoms with van der Waals surface area (Å²) in [4.78, 5) is 31.1. The molecule has 1 unspecified atom stereocenters. The molecule has 0 radical (unpaired) electrons. The Hall–Kier alpha value is -2.11. The summed E-state index contributed by atoms with van der Waals surface area (Å²) >= 11 is 12.1. The van der Waals surface area contributed by atoms with Crippen molar-refractivity contribution in [1.29, 1.82) is 0 Å². The van der Waals surface area contributed by atoms with E-state index in [1.165, 1.54) is 12.3 Å². The summed E-state index contributed by atoms with van der Waals surface area (Å²) in [5, 5.41) is 3.29. The van der Waals surface area contributed by atoms with E-state index in [9.17, 15) is 9.59 Å². The predicted octanol–water partition coefficient (Wildman–Crippen LogP) is 4.51. The van der Waals surface area contributed by atoms with Crippen LogP contribution in [0.25, 0.3) is 0 Å². The van der Waals surface area contributed by atoms with E-state index in [0.29, 0.717) is 22.2 Å². The number of piperidine rings is 1. The molecule has 0 spiro atoms. The van der Waals surface area contributed by atoms with E-state index in [4.69, 9.17) is 23.2 Å². The summed E-state index contributed by atoms with van der Waals surface area (Å²) in [6.07, 6.45) is 3.60. The molecule has 26 heavy (non-hydrogen) atoms. The molecule has 1 saturated heterocycles. The molecule has 1 fully saturated rings. The lowest BCUT2D eigenvalue weighted by Crippen LogP contribution is -2.39. The third kappa shape index (κ3) is 4.17. The fourth-order valence-electron chi connectivity index (χ4n) is 3.03. The van der Waals surface area contributed by atoms with Gasteiger partial charge < -0.3 is 10.2 Å². The topological polar surface area (TPSA) is 62.3 Å². The number of amides is 2. The van der Waals surface area contributed by atoms with E-state index in [1.807, 2.05) is 4.90 Å². The zero-order valence-electron chi connectivity index (χ0n) is 14.3. The number of likely N-dealkylation sites (tertiary alicyclic amines) is 1. The van der Waals surface area contributed by atoms with Crippen LogP contribution < -0.4 is 5.32 Å². The first kappa shape index (κ1) is 18.7. The summed E-state index contributed by atoms with van der Waals surface area (Å²) in [6.45, 7) is 3.62. The van der Waals surface area contributed by atoms with Gasteiger partial charge in [0, 0.05) is 24.8 Å². The second kappa shape index (κ2) is 8.06. The number of anilines is 1. The molecular weight excluding hydrogens is 373 g/mol. The minimum absolute atomic E-state index is 0.0752. The Morgan fingerprint density at radius 1 is 1.27 bits per heavy atom. The summed E-state index contributed by atoms with van der Waals surface area (Å²) in [5.41, 5.74) is 1.00. The Bertz CT molecular complexity index is 841. The summed E-state index contributed by atoms with van der Waals surface area (Å²) < 4.78 is 0. The third-order valence-electron chi connectivity index (χ3n) is 4.38. The first-order valence-electron chi connectivity index (χ1n) is 8.46. The number of aromatic nitrogens is 1. The van der Waals surface area contributed by atoms with Gasteiger partial charge in [-0.2, -0.15) is 0 Å². The third-order valence-corrected chi connectivity index (χ3v) is 5.20. The number of halogens is 2. The molecule has 2 heterocycles. The lowest BCUT2D eigenvalue weighted by molar-refractivity contribution is 0.0683. The molecule has 1 aromatic carbocycles. The van der Waals surface area contributed by atoms with Gasteiger partial charge in [-0.1, -0.05) is 36.2 Å². The maximum Gasteiger partial charge on any atom is 0.274 e. The monoisotopic (exact) mass is 391 g/mol. The highest BCUT2D eigenvalue weighted by Crippen LogP contribution is 2.29. The number of rotatable bonds is 3. The largest absolute Gasteiger partial charge is 0.338 e. The first-order chi connectivity index (χ1) is 12.5. The molecule has 1 aliphatic heterocycles. The van der Waals surface area contributed by atoms with Crippen molar-refractivity contribution in [2.75, 3.05) is 18.4 Å². The second-order valence-corrected chi connectivity index (χ2v) is 7.27. The number of nitrogens with zero attached hydrogens (tertiary/aromatic N) is 2. The quantitative estimate of drug-likeness (QED) is 0.836. The van der Waals surface area contributed by atoms with E-state index < -0.39 is 5.91 Å².